The van der Waals surface area contributed by atoms with E-state index in [1.54, 1.807) is 6.92 Å². The highest BCUT2D eigenvalue weighted by molar-refractivity contribution is 5.83. The Hall–Kier alpha value is -2.69. The molecule has 148 valence electrons. The lowest BCUT2D eigenvalue weighted by Crippen LogP contribution is -2.35. The van der Waals surface area contributed by atoms with Crippen LogP contribution in [-0.4, -0.2) is 46.7 Å². The van der Waals surface area contributed by atoms with Crippen LogP contribution in [0.2, 0.25) is 0 Å². The van der Waals surface area contributed by atoms with Gasteiger partial charge in [-0.15, -0.1) is 0 Å². The highest BCUT2D eigenvalue weighted by Gasteiger charge is 2.53. The maximum Gasteiger partial charge on any atom is 0.509 e. The summed E-state index contributed by atoms with van der Waals surface area (Å²) in [5, 5.41) is 2.10. The summed E-state index contributed by atoms with van der Waals surface area (Å²) in [5.74, 6) is -1.52. The fourth-order valence-corrected chi connectivity index (χ4v) is 2.93. The van der Waals surface area contributed by atoms with Gasteiger partial charge in [0.25, 0.3) is 0 Å². The first-order chi connectivity index (χ1) is 12.9. The van der Waals surface area contributed by atoms with Crippen molar-refractivity contribution in [2.45, 2.75) is 57.6 Å². The fraction of sp³-hybridized carbons (Fsp3) is 0.625. The normalized spacial score (nSPS) is 26.3. The first-order valence-corrected chi connectivity index (χ1v) is 8.66. The summed E-state index contributed by atoms with van der Waals surface area (Å²) < 4.78 is 35.6. The molecule has 1 amide bonds. The summed E-state index contributed by atoms with van der Waals surface area (Å²) in [6.45, 7) is 3.82. The minimum absolute atomic E-state index is 0.181. The number of nitrogens with zero attached hydrogens (tertiary/aromatic N) is 2. The Balaban J connectivity index is 1.71. The van der Waals surface area contributed by atoms with Crippen LogP contribution in [-0.2, 0) is 18.9 Å². The van der Waals surface area contributed by atoms with Gasteiger partial charge in [-0.2, -0.15) is 4.98 Å². The molecule has 1 aromatic rings. The van der Waals surface area contributed by atoms with E-state index < -0.39 is 54.1 Å². The molecule has 0 spiro atoms. The molecule has 2 aliphatic rings. The molecule has 27 heavy (non-hydrogen) atoms. The number of carbonyl (C=O) groups is 2. The van der Waals surface area contributed by atoms with Gasteiger partial charge >= 0.3 is 17.9 Å². The van der Waals surface area contributed by atoms with Gasteiger partial charge in [-0.05, 0) is 13.3 Å². The lowest BCUT2D eigenvalue weighted by Gasteiger charge is -2.18. The number of aromatic nitrogens is 2. The second-order valence-corrected chi connectivity index (χ2v) is 6.24. The number of fused-ring (bicyclic) bond motifs is 1. The fourth-order valence-electron chi connectivity index (χ4n) is 2.93. The zero-order chi connectivity index (χ0) is 19.6. The van der Waals surface area contributed by atoms with Gasteiger partial charge in [0.05, 0.1) is 18.9 Å². The van der Waals surface area contributed by atoms with E-state index in [1.165, 1.54) is 0 Å². The second kappa shape index (κ2) is 7.91. The average Bonchev–Trinajstić information content (AvgIpc) is 3.13. The van der Waals surface area contributed by atoms with Crippen LogP contribution in [0.1, 0.15) is 39.3 Å². The third-order valence-corrected chi connectivity index (χ3v) is 4.27. The maximum atomic E-state index is 14.3. The Morgan fingerprint density at radius 3 is 2.81 bits per heavy atom. The molecular formula is C16H20FN3O7. The minimum atomic E-state index is -1.08. The van der Waals surface area contributed by atoms with Crippen molar-refractivity contribution in [1.29, 1.82) is 0 Å². The Morgan fingerprint density at radius 1 is 1.33 bits per heavy atom. The largest absolute Gasteiger partial charge is 0.509 e. The second-order valence-electron chi connectivity index (χ2n) is 6.24. The van der Waals surface area contributed by atoms with Crippen molar-refractivity contribution < 1.29 is 32.9 Å². The van der Waals surface area contributed by atoms with Crippen molar-refractivity contribution in [2.24, 2.45) is 0 Å². The maximum absolute atomic E-state index is 14.3. The van der Waals surface area contributed by atoms with E-state index in [-0.39, 0.29) is 6.61 Å². The Bertz CT molecular complexity index is 784. The van der Waals surface area contributed by atoms with Crippen molar-refractivity contribution in [1.82, 2.24) is 9.55 Å². The van der Waals surface area contributed by atoms with E-state index in [9.17, 15) is 18.8 Å². The highest BCUT2D eigenvalue weighted by atomic mass is 19.1. The van der Waals surface area contributed by atoms with E-state index in [0.29, 0.717) is 6.42 Å². The third-order valence-electron chi connectivity index (χ3n) is 4.27. The number of hydrogen-bond donors (Lipinski definition) is 1. The zero-order valence-corrected chi connectivity index (χ0v) is 14.8. The van der Waals surface area contributed by atoms with Gasteiger partial charge in [-0.1, -0.05) is 19.8 Å². The van der Waals surface area contributed by atoms with E-state index in [4.69, 9.17) is 18.9 Å². The Labute approximate surface area is 153 Å². The lowest BCUT2D eigenvalue weighted by atomic mass is 10.1. The Kier molecular flexibility index (Phi) is 5.59. The summed E-state index contributed by atoms with van der Waals surface area (Å²) >= 11 is 0. The molecule has 2 unspecified atom stereocenters. The number of hydrogen-bond acceptors (Lipinski definition) is 8. The highest BCUT2D eigenvalue weighted by Crippen LogP contribution is 2.37. The van der Waals surface area contributed by atoms with E-state index >= 15 is 0 Å². The zero-order valence-electron chi connectivity index (χ0n) is 14.8. The SMILES string of the molecule is CCCCCOC(=O)Nc1nc(=O)n([C@@H]2O[C@H](C)C3OC(=O)OC32)cc1F. The smallest absolute Gasteiger partial charge is 0.449 e. The predicted octanol–water partition coefficient (Wildman–Crippen LogP) is 1.94. The first kappa shape index (κ1) is 19.1. The number of amides is 1. The number of unbranched alkanes of at least 4 members (excludes halogenated alkanes) is 2. The molecule has 0 aromatic carbocycles. The van der Waals surface area contributed by atoms with Gasteiger partial charge in [0, 0.05) is 0 Å². The molecule has 4 atom stereocenters. The molecule has 2 aliphatic heterocycles. The number of rotatable bonds is 6. The van der Waals surface area contributed by atoms with Gasteiger partial charge in [-0.3, -0.25) is 9.88 Å². The van der Waals surface area contributed by atoms with Crippen molar-refractivity contribution in [3.05, 3.63) is 22.5 Å². The van der Waals surface area contributed by atoms with E-state index in [0.717, 1.165) is 23.6 Å². The summed E-state index contributed by atoms with van der Waals surface area (Å²) in [6.07, 6.45) is -1.64. The number of ether oxygens (including phenoxy) is 4. The molecule has 3 heterocycles. The monoisotopic (exact) mass is 385 g/mol. The van der Waals surface area contributed by atoms with Crippen LogP contribution in [0.15, 0.2) is 11.0 Å². The first-order valence-electron chi connectivity index (χ1n) is 8.66. The molecule has 11 heteroatoms. The molecular weight excluding hydrogens is 365 g/mol. The summed E-state index contributed by atoms with van der Waals surface area (Å²) in [6, 6.07) is 0. The number of halogens is 1. The lowest BCUT2D eigenvalue weighted by molar-refractivity contribution is -0.0524. The van der Waals surface area contributed by atoms with Gasteiger partial charge in [0.15, 0.2) is 30.1 Å². The molecule has 0 aliphatic carbocycles. The van der Waals surface area contributed by atoms with E-state index in [2.05, 4.69) is 10.3 Å². The number of carbonyl (C=O) groups excluding carboxylic acids is 2. The molecule has 0 bridgehead atoms. The van der Waals surface area contributed by atoms with Crippen LogP contribution < -0.4 is 11.0 Å². The third kappa shape index (κ3) is 4.02. The topological polar surface area (TPSA) is 118 Å². The molecule has 3 rings (SSSR count). The van der Waals surface area contributed by atoms with Crippen LogP contribution in [0.25, 0.3) is 0 Å². The predicted molar refractivity (Wildman–Crippen MR) is 87.7 cm³/mol. The summed E-state index contributed by atoms with van der Waals surface area (Å²) in [4.78, 5) is 38.7. The van der Waals surface area contributed by atoms with Crippen LogP contribution in [0.5, 0.6) is 0 Å². The number of nitrogens with one attached hydrogen (secondary N) is 1. The van der Waals surface area contributed by atoms with Crippen LogP contribution in [0.4, 0.5) is 19.8 Å². The molecule has 1 aromatic heterocycles. The van der Waals surface area contributed by atoms with Crippen LogP contribution in [0.3, 0.4) is 0 Å². The molecule has 2 saturated heterocycles. The van der Waals surface area contributed by atoms with Gasteiger partial charge in [-0.25, -0.2) is 18.8 Å². The standard InChI is InChI=1S/C16H20FN3O7/c1-3-4-5-6-24-15(22)19-12-9(17)7-20(14(21)18-12)13-11-10(8(2)25-13)26-16(23)27-11/h7-8,10-11,13H,3-6H2,1-2H3,(H,18,19,21,22)/t8-,10?,11?,13-/m1/s1. The van der Waals surface area contributed by atoms with Crippen molar-refractivity contribution in [3.63, 3.8) is 0 Å². The van der Waals surface area contributed by atoms with Crippen molar-refractivity contribution in [3.8, 4) is 0 Å². The summed E-state index contributed by atoms with van der Waals surface area (Å²) in [5.41, 5.74) is -0.890. The van der Waals surface area contributed by atoms with Gasteiger partial charge < -0.3 is 18.9 Å². The number of anilines is 1. The van der Waals surface area contributed by atoms with Gasteiger partial charge in [0.2, 0.25) is 0 Å². The van der Waals surface area contributed by atoms with Crippen LogP contribution >= 0.6 is 0 Å². The molecule has 1 N–H and O–H groups in total. The van der Waals surface area contributed by atoms with Gasteiger partial charge in [0.1, 0.15) is 0 Å². The molecule has 2 fully saturated rings. The van der Waals surface area contributed by atoms with Crippen molar-refractivity contribution >= 4 is 18.1 Å². The molecule has 10 nitrogen and oxygen atoms in total. The molecule has 0 saturated carbocycles. The quantitative estimate of drug-likeness (QED) is 0.583. The average molecular weight is 385 g/mol. The van der Waals surface area contributed by atoms with Crippen molar-refractivity contribution in [2.75, 3.05) is 11.9 Å². The Morgan fingerprint density at radius 2 is 2.07 bits per heavy atom. The van der Waals surface area contributed by atoms with E-state index in [1.807, 2.05) is 6.92 Å². The summed E-state index contributed by atoms with van der Waals surface area (Å²) in [7, 11) is 0. The minimum Gasteiger partial charge on any atom is -0.449 e. The van der Waals surface area contributed by atoms with Crippen LogP contribution in [0, 0.1) is 5.82 Å². The molecule has 0 radical (unpaired) electrons.